The van der Waals surface area contributed by atoms with E-state index in [4.69, 9.17) is 0 Å². The number of rotatable bonds is 6. The molecule has 0 saturated heterocycles. The maximum atomic E-state index is 2.45. The molecule has 2 aliphatic carbocycles. The van der Waals surface area contributed by atoms with Crippen molar-refractivity contribution in [3.8, 4) is 55.6 Å². The van der Waals surface area contributed by atoms with Gasteiger partial charge in [0.25, 0.3) is 0 Å². The average molecular weight is 756 g/mol. The average Bonchev–Trinajstić information content (AvgIpc) is 3.65. The Hall–Kier alpha value is -6.96. The lowest BCUT2D eigenvalue weighted by atomic mass is 9.81. The van der Waals surface area contributed by atoms with E-state index < -0.39 is 0 Å². The summed E-state index contributed by atoms with van der Waals surface area (Å²) >= 11 is 0. The Bertz CT molecular complexity index is 3070. The minimum Gasteiger partial charge on any atom is -0.310 e. The summed E-state index contributed by atoms with van der Waals surface area (Å²) in [7, 11) is 0. The molecule has 0 fully saturated rings. The van der Waals surface area contributed by atoms with Crippen LogP contribution in [0.2, 0.25) is 0 Å². The molecule has 0 heterocycles. The van der Waals surface area contributed by atoms with Crippen LogP contribution in [0.1, 0.15) is 49.9 Å². The molecule has 0 unspecified atom stereocenters. The Morgan fingerprint density at radius 2 is 0.729 bits per heavy atom. The maximum absolute atomic E-state index is 2.45. The fourth-order valence-corrected chi connectivity index (χ4v) is 10.1. The first kappa shape index (κ1) is 35.2. The molecule has 0 amide bonds. The lowest BCUT2D eigenvalue weighted by molar-refractivity contribution is 0.660. The number of benzene rings is 9. The molecule has 0 spiro atoms. The van der Waals surface area contributed by atoms with Crippen LogP contribution in [0.25, 0.3) is 66.4 Å². The van der Waals surface area contributed by atoms with Gasteiger partial charge in [0.15, 0.2) is 0 Å². The summed E-state index contributed by atoms with van der Waals surface area (Å²) in [5.74, 6) is 0. The summed E-state index contributed by atoms with van der Waals surface area (Å²) in [4.78, 5) is 2.45. The summed E-state index contributed by atoms with van der Waals surface area (Å²) in [6.45, 7) is 9.51. The van der Waals surface area contributed by atoms with Gasteiger partial charge < -0.3 is 4.90 Å². The molecule has 0 saturated carbocycles. The van der Waals surface area contributed by atoms with E-state index in [2.05, 4.69) is 233 Å². The van der Waals surface area contributed by atoms with Crippen molar-refractivity contribution in [3.63, 3.8) is 0 Å². The van der Waals surface area contributed by atoms with Gasteiger partial charge in [-0.05, 0) is 131 Å². The van der Waals surface area contributed by atoms with Crippen molar-refractivity contribution in [2.75, 3.05) is 4.90 Å². The topological polar surface area (TPSA) is 3.24 Å². The number of hydrogen-bond donors (Lipinski definition) is 0. The summed E-state index contributed by atoms with van der Waals surface area (Å²) in [6.07, 6.45) is 0. The van der Waals surface area contributed by atoms with E-state index >= 15 is 0 Å². The molecule has 1 nitrogen and oxygen atoms in total. The largest absolute Gasteiger partial charge is 0.310 e. The summed E-state index contributed by atoms with van der Waals surface area (Å²) in [6, 6.07) is 74.2. The van der Waals surface area contributed by atoms with E-state index in [1.807, 2.05) is 0 Å². The van der Waals surface area contributed by atoms with Crippen LogP contribution in [-0.2, 0) is 10.8 Å². The van der Waals surface area contributed by atoms with Crippen LogP contribution in [0.3, 0.4) is 0 Å². The molecule has 0 aromatic heterocycles. The first-order valence-electron chi connectivity index (χ1n) is 20.8. The van der Waals surface area contributed by atoms with Gasteiger partial charge >= 0.3 is 0 Å². The van der Waals surface area contributed by atoms with Gasteiger partial charge in [0, 0.05) is 27.9 Å². The number of hydrogen-bond acceptors (Lipinski definition) is 1. The van der Waals surface area contributed by atoms with E-state index in [-0.39, 0.29) is 10.8 Å². The number of nitrogens with zero attached hydrogens (tertiary/aromatic N) is 1. The van der Waals surface area contributed by atoms with Crippen LogP contribution < -0.4 is 4.90 Å². The van der Waals surface area contributed by atoms with Gasteiger partial charge in [-0.2, -0.15) is 0 Å². The van der Waals surface area contributed by atoms with Gasteiger partial charge in [0.1, 0.15) is 0 Å². The third-order valence-corrected chi connectivity index (χ3v) is 13.3. The highest BCUT2D eigenvalue weighted by Crippen LogP contribution is 2.53. The molecule has 0 atom stereocenters. The molecule has 2 aliphatic rings. The Morgan fingerprint density at radius 3 is 1.44 bits per heavy atom. The SMILES string of the molecule is CC1(C)c2ccccc2-c2ccc(N(c3ccc(-c4ccccc4)cc3)c3ccc4c(c3)C(C)(C)c3cc(-c5ccc(-c6cccc7ccccc67)cc5)ccc3-4)cc21. The quantitative estimate of drug-likeness (QED) is 0.163. The molecule has 0 aliphatic heterocycles. The Morgan fingerprint density at radius 1 is 0.288 bits per heavy atom. The highest BCUT2D eigenvalue weighted by molar-refractivity contribution is 5.97. The minimum atomic E-state index is -0.190. The maximum Gasteiger partial charge on any atom is 0.0465 e. The van der Waals surface area contributed by atoms with Crippen molar-refractivity contribution in [2.24, 2.45) is 0 Å². The normalized spacial score (nSPS) is 14.0. The summed E-state index contributed by atoms with van der Waals surface area (Å²) in [5, 5.41) is 2.55. The third-order valence-electron chi connectivity index (χ3n) is 13.3. The molecular weight excluding hydrogens is 711 g/mol. The molecule has 0 bridgehead atoms. The molecule has 9 aromatic carbocycles. The predicted octanol–water partition coefficient (Wildman–Crippen LogP) is 15.9. The number of anilines is 3. The van der Waals surface area contributed by atoms with E-state index in [0.717, 1.165) is 11.4 Å². The predicted molar refractivity (Wildman–Crippen MR) is 250 cm³/mol. The second kappa shape index (κ2) is 13.3. The van der Waals surface area contributed by atoms with Gasteiger partial charge in [-0.25, -0.2) is 0 Å². The molecule has 0 N–H and O–H groups in total. The Balaban J connectivity index is 0.978. The first-order valence-corrected chi connectivity index (χ1v) is 20.8. The van der Waals surface area contributed by atoms with Crippen molar-refractivity contribution in [1.29, 1.82) is 0 Å². The van der Waals surface area contributed by atoms with Crippen LogP contribution in [-0.4, -0.2) is 0 Å². The van der Waals surface area contributed by atoms with Gasteiger partial charge in [0.05, 0.1) is 0 Å². The van der Waals surface area contributed by atoms with Gasteiger partial charge in [-0.3, -0.25) is 0 Å². The van der Waals surface area contributed by atoms with Crippen molar-refractivity contribution >= 4 is 27.8 Å². The highest BCUT2D eigenvalue weighted by Gasteiger charge is 2.38. The smallest absolute Gasteiger partial charge is 0.0465 e. The highest BCUT2D eigenvalue weighted by atomic mass is 15.1. The fourth-order valence-electron chi connectivity index (χ4n) is 10.1. The van der Waals surface area contributed by atoms with Crippen LogP contribution in [0.5, 0.6) is 0 Å². The Labute approximate surface area is 347 Å². The second-order valence-corrected chi connectivity index (χ2v) is 17.4. The monoisotopic (exact) mass is 755 g/mol. The summed E-state index contributed by atoms with van der Waals surface area (Å²) < 4.78 is 0. The second-order valence-electron chi connectivity index (χ2n) is 17.4. The lowest BCUT2D eigenvalue weighted by Gasteiger charge is -2.30. The van der Waals surface area contributed by atoms with E-state index in [9.17, 15) is 0 Å². The fraction of sp³-hybridized carbons (Fsp3) is 0.103. The molecule has 59 heavy (non-hydrogen) atoms. The standard InChI is InChI=1S/C58H45N/c1-57(2)53-20-11-10-18-49(53)51-33-30-45(36-55(51)57)59(44-28-25-39(26-29-44)38-13-6-5-7-14-38)46-31-34-52-50-32-27-43(35-54(50)58(3,4)56(52)37-46)40-21-23-42(24-22-40)48-19-12-16-41-15-8-9-17-47(41)48/h5-37H,1-4H3. The molecule has 9 aromatic rings. The van der Waals surface area contributed by atoms with Crippen molar-refractivity contribution < 1.29 is 0 Å². The van der Waals surface area contributed by atoms with E-state index in [1.54, 1.807) is 0 Å². The van der Waals surface area contributed by atoms with Crippen molar-refractivity contribution in [3.05, 3.63) is 222 Å². The Kier molecular flexibility index (Phi) is 7.94. The molecule has 11 rings (SSSR count). The third kappa shape index (κ3) is 5.60. The first-order chi connectivity index (χ1) is 28.8. The summed E-state index contributed by atoms with van der Waals surface area (Å²) in [5.41, 5.74) is 21.4. The number of fused-ring (bicyclic) bond motifs is 7. The zero-order chi connectivity index (χ0) is 39.9. The molecule has 1 heteroatoms. The van der Waals surface area contributed by atoms with Gasteiger partial charge in [-0.1, -0.05) is 185 Å². The minimum absolute atomic E-state index is 0.0969. The zero-order valence-corrected chi connectivity index (χ0v) is 34.0. The van der Waals surface area contributed by atoms with Crippen molar-refractivity contribution in [2.45, 2.75) is 38.5 Å². The van der Waals surface area contributed by atoms with Crippen LogP contribution in [0.15, 0.2) is 200 Å². The van der Waals surface area contributed by atoms with Crippen LogP contribution in [0.4, 0.5) is 17.1 Å². The molecule has 282 valence electrons. The molecular formula is C58H45N. The lowest BCUT2D eigenvalue weighted by Crippen LogP contribution is -2.18. The van der Waals surface area contributed by atoms with Crippen LogP contribution in [0, 0.1) is 0 Å². The van der Waals surface area contributed by atoms with Crippen LogP contribution >= 0.6 is 0 Å². The zero-order valence-electron chi connectivity index (χ0n) is 34.0. The van der Waals surface area contributed by atoms with Crippen molar-refractivity contribution in [1.82, 2.24) is 0 Å². The van der Waals surface area contributed by atoms with E-state index in [1.165, 1.54) is 94.3 Å². The molecule has 0 radical (unpaired) electrons. The van der Waals surface area contributed by atoms with Gasteiger partial charge in [0.2, 0.25) is 0 Å². The van der Waals surface area contributed by atoms with E-state index in [0.29, 0.717) is 0 Å². The van der Waals surface area contributed by atoms with Gasteiger partial charge in [-0.15, -0.1) is 0 Å².